The minimum Gasteiger partial charge on any atom is -0.396 e. The summed E-state index contributed by atoms with van der Waals surface area (Å²) < 4.78 is 0. The van der Waals surface area contributed by atoms with Crippen LogP contribution in [-0.2, 0) is 4.79 Å². The Morgan fingerprint density at radius 3 is 2.78 bits per heavy atom. The van der Waals surface area contributed by atoms with Crippen molar-refractivity contribution in [2.24, 2.45) is 5.92 Å². The summed E-state index contributed by atoms with van der Waals surface area (Å²) in [7, 11) is 1.92. The van der Waals surface area contributed by atoms with Gasteiger partial charge in [0.15, 0.2) is 0 Å². The number of anilines is 1. The number of aliphatic hydroxyl groups excluding tert-OH is 1. The average molecular weight is 248 g/mol. The summed E-state index contributed by atoms with van der Waals surface area (Å²) in [5, 5.41) is 9.08. The van der Waals surface area contributed by atoms with Gasteiger partial charge in [-0.15, -0.1) is 0 Å². The van der Waals surface area contributed by atoms with E-state index in [0.29, 0.717) is 13.1 Å². The van der Waals surface area contributed by atoms with Gasteiger partial charge in [0.2, 0.25) is 5.91 Å². The highest BCUT2D eigenvalue weighted by Crippen LogP contribution is 2.17. The highest BCUT2D eigenvalue weighted by atomic mass is 16.3. The second-order valence-corrected chi connectivity index (χ2v) is 4.87. The molecular formula is C14H20N2O2. The van der Waals surface area contributed by atoms with Crippen molar-refractivity contribution in [2.75, 3.05) is 38.2 Å². The van der Waals surface area contributed by atoms with Crippen LogP contribution < -0.4 is 4.90 Å². The minimum atomic E-state index is 0.136. The van der Waals surface area contributed by atoms with Gasteiger partial charge in [0.25, 0.3) is 0 Å². The van der Waals surface area contributed by atoms with E-state index in [0.717, 1.165) is 18.7 Å². The molecule has 0 radical (unpaired) electrons. The Balaban J connectivity index is 1.88. The van der Waals surface area contributed by atoms with E-state index in [1.54, 1.807) is 0 Å². The number of hydrogen-bond acceptors (Lipinski definition) is 3. The van der Waals surface area contributed by atoms with Crippen molar-refractivity contribution in [2.45, 2.75) is 6.42 Å². The first-order chi connectivity index (χ1) is 8.70. The Morgan fingerprint density at radius 2 is 2.17 bits per heavy atom. The molecule has 0 aromatic heterocycles. The Kier molecular flexibility index (Phi) is 4.20. The summed E-state index contributed by atoms with van der Waals surface area (Å²) in [6, 6.07) is 9.88. The molecule has 0 aliphatic carbocycles. The summed E-state index contributed by atoms with van der Waals surface area (Å²) >= 11 is 0. The zero-order valence-electron chi connectivity index (χ0n) is 10.7. The van der Waals surface area contributed by atoms with E-state index in [1.807, 2.05) is 47.2 Å². The van der Waals surface area contributed by atoms with Gasteiger partial charge in [0.05, 0.1) is 6.54 Å². The van der Waals surface area contributed by atoms with Crippen LogP contribution in [-0.4, -0.2) is 49.2 Å². The molecule has 4 nitrogen and oxygen atoms in total. The van der Waals surface area contributed by atoms with E-state index < -0.39 is 0 Å². The number of carbonyl (C=O) groups is 1. The van der Waals surface area contributed by atoms with Gasteiger partial charge >= 0.3 is 0 Å². The summed E-state index contributed by atoms with van der Waals surface area (Å²) in [5.74, 6) is 0.397. The number of likely N-dealkylation sites (N-methyl/N-ethyl adjacent to an activating group) is 1. The first-order valence-corrected chi connectivity index (χ1v) is 6.35. The maximum Gasteiger partial charge on any atom is 0.242 e. The zero-order chi connectivity index (χ0) is 13.0. The summed E-state index contributed by atoms with van der Waals surface area (Å²) in [6.45, 7) is 2.03. The lowest BCUT2D eigenvalue weighted by Gasteiger charge is -2.23. The van der Waals surface area contributed by atoms with Crippen LogP contribution in [0.2, 0.25) is 0 Å². The van der Waals surface area contributed by atoms with Crippen molar-refractivity contribution in [1.82, 2.24) is 4.90 Å². The topological polar surface area (TPSA) is 43.8 Å². The fourth-order valence-electron chi connectivity index (χ4n) is 2.28. The fraction of sp³-hybridized carbons (Fsp3) is 0.500. The molecule has 0 saturated carbocycles. The molecule has 1 N–H and O–H groups in total. The third-order valence-electron chi connectivity index (χ3n) is 3.47. The number of aliphatic hydroxyl groups is 1. The van der Waals surface area contributed by atoms with Crippen LogP contribution in [0.25, 0.3) is 0 Å². The summed E-state index contributed by atoms with van der Waals surface area (Å²) in [4.78, 5) is 15.9. The zero-order valence-corrected chi connectivity index (χ0v) is 10.7. The van der Waals surface area contributed by atoms with E-state index in [4.69, 9.17) is 5.11 Å². The Bertz CT molecular complexity index is 394. The highest BCUT2D eigenvalue weighted by molar-refractivity contribution is 5.81. The monoisotopic (exact) mass is 248 g/mol. The molecule has 1 atom stereocenters. The van der Waals surface area contributed by atoms with Crippen molar-refractivity contribution in [3.8, 4) is 0 Å². The maximum atomic E-state index is 12.1. The van der Waals surface area contributed by atoms with Gasteiger partial charge in [-0.2, -0.15) is 0 Å². The Hall–Kier alpha value is -1.55. The van der Waals surface area contributed by atoms with Gasteiger partial charge < -0.3 is 14.9 Å². The molecule has 1 unspecified atom stereocenters. The molecule has 1 saturated heterocycles. The lowest BCUT2D eigenvalue weighted by atomic mass is 10.1. The Labute approximate surface area is 108 Å². The number of likely N-dealkylation sites (tertiary alicyclic amines) is 1. The number of carbonyl (C=O) groups excluding carboxylic acids is 1. The normalized spacial score (nSPS) is 19.0. The molecular weight excluding hydrogens is 228 g/mol. The van der Waals surface area contributed by atoms with E-state index >= 15 is 0 Å². The van der Waals surface area contributed by atoms with Crippen molar-refractivity contribution in [1.29, 1.82) is 0 Å². The average Bonchev–Trinajstić information content (AvgIpc) is 2.88. The van der Waals surface area contributed by atoms with E-state index in [1.165, 1.54) is 0 Å². The molecule has 4 heteroatoms. The van der Waals surface area contributed by atoms with Crippen molar-refractivity contribution >= 4 is 11.6 Å². The quantitative estimate of drug-likeness (QED) is 0.863. The van der Waals surface area contributed by atoms with Crippen LogP contribution in [0.5, 0.6) is 0 Å². The number of benzene rings is 1. The number of hydrogen-bond donors (Lipinski definition) is 1. The molecule has 1 aliphatic heterocycles. The fourth-order valence-corrected chi connectivity index (χ4v) is 2.28. The lowest BCUT2D eigenvalue weighted by Crippen LogP contribution is -2.37. The SMILES string of the molecule is CN(CC(=O)N1CCC(CO)C1)c1ccccc1. The molecule has 1 aromatic carbocycles. The minimum absolute atomic E-state index is 0.136. The van der Waals surface area contributed by atoms with Gasteiger partial charge in [-0.1, -0.05) is 18.2 Å². The van der Waals surface area contributed by atoms with Crippen LogP contribution >= 0.6 is 0 Å². The third kappa shape index (κ3) is 3.01. The first-order valence-electron chi connectivity index (χ1n) is 6.35. The smallest absolute Gasteiger partial charge is 0.242 e. The van der Waals surface area contributed by atoms with Gasteiger partial charge in [-0.3, -0.25) is 4.79 Å². The van der Waals surface area contributed by atoms with E-state index in [-0.39, 0.29) is 18.4 Å². The van der Waals surface area contributed by atoms with Crippen LogP contribution in [0.4, 0.5) is 5.69 Å². The first kappa shape index (κ1) is 12.9. The molecule has 1 aromatic rings. The standard InChI is InChI=1S/C14H20N2O2/c1-15(13-5-3-2-4-6-13)10-14(18)16-8-7-12(9-16)11-17/h2-6,12,17H,7-11H2,1H3. The molecule has 0 spiro atoms. The molecule has 1 fully saturated rings. The molecule has 0 bridgehead atoms. The molecule has 1 amide bonds. The molecule has 18 heavy (non-hydrogen) atoms. The third-order valence-corrected chi connectivity index (χ3v) is 3.47. The summed E-state index contributed by atoms with van der Waals surface area (Å²) in [5.41, 5.74) is 1.05. The van der Waals surface area contributed by atoms with Crippen LogP contribution in [0.1, 0.15) is 6.42 Å². The Morgan fingerprint density at radius 1 is 1.44 bits per heavy atom. The van der Waals surface area contributed by atoms with Crippen LogP contribution in [0, 0.1) is 5.92 Å². The maximum absolute atomic E-state index is 12.1. The largest absolute Gasteiger partial charge is 0.396 e. The lowest BCUT2D eigenvalue weighted by molar-refractivity contribution is -0.128. The second-order valence-electron chi connectivity index (χ2n) is 4.87. The molecule has 1 aliphatic rings. The molecule has 98 valence electrons. The molecule has 2 rings (SSSR count). The summed E-state index contributed by atoms with van der Waals surface area (Å²) in [6.07, 6.45) is 0.914. The van der Waals surface area contributed by atoms with Gasteiger partial charge in [-0.05, 0) is 18.6 Å². The second kappa shape index (κ2) is 5.87. The van der Waals surface area contributed by atoms with Crippen molar-refractivity contribution in [3.05, 3.63) is 30.3 Å². The van der Waals surface area contributed by atoms with E-state index in [2.05, 4.69) is 0 Å². The molecule has 1 heterocycles. The number of para-hydroxylation sites is 1. The van der Waals surface area contributed by atoms with Crippen LogP contribution in [0.3, 0.4) is 0 Å². The van der Waals surface area contributed by atoms with Crippen molar-refractivity contribution in [3.63, 3.8) is 0 Å². The van der Waals surface area contributed by atoms with Gasteiger partial charge in [0, 0.05) is 38.3 Å². The van der Waals surface area contributed by atoms with Gasteiger partial charge in [-0.25, -0.2) is 0 Å². The van der Waals surface area contributed by atoms with Crippen LogP contribution in [0.15, 0.2) is 30.3 Å². The predicted molar refractivity (Wildman–Crippen MR) is 71.5 cm³/mol. The number of amides is 1. The highest BCUT2D eigenvalue weighted by Gasteiger charge is 2.25. The van der Waals surface area contributed by atoms with Gasteiger partial charge in [0.1, 0.15) is 0 Å². The number of nitrogens with zero attached hydrogens (tertiary/aromatic N) is 2. The van der Waals surface area contributed by atoms with E-state index in [9.17, 15) is 4.79 Å². The van der Waals surface area contributed by atoms with Crippen molar-refractivity contribution < 1.29 is 9.90 Å². The predicted octanol–water partition coefficient (Wildman–Crippen LogP) is 0.964. The number of rotatable bonds is 4.